The van der Waals surface area contributed by atoms with Gasteiger partial charge in [0.05, 0.1) is 0 Å². The summed E-state index contributed by atoms with van der Waals surface area (Å²) in [4.78, 5) is 3.22. The van der Waals surface area contributed by atoms with Gasteiger partial charge in [0.25, 0.3) is 0 Å². The molecule has 100 valence electrons. The molecular formula is C17H19FeN. The molecule has 2 aromatic carbocycles. The van der Waals surface area contributed by atoms with Crippen molar-refractivity contribution < 1.29 is 17.1 Å². The molecule has 1 nitrogen and oxygen atoms in total. The molecule has 0 aliphatic rings. The standard InChI is InChI=1S/C12H14N.C5H5.Fe/c1-2-6-11(5-1)7-3-8-12-9-4-10-13-12;1-2-4-5-3-1;/h1-2,4-6,9-10,13H,3,7-8H2;1-5H;/q2*-1;+2. The summed E-state index contributed by atoms with van der Waals surface area (Å²) in [5.41, 5.74) is 2.79. The van der Waals surface area contributed by atoms with E-state index >= 15 is 0 Å². The van der Waals surface area contributed by atoms with Crippen LogP contribution in [0.5, 0.6) is 0 Å². The van der Waals surface area contributed by atoms with Crippen LogP contribution in [0.1, 0.15) is 17.7 Å². The van der Waals surface area contributed by atoms with Gasteiger partial charge in [-0.1, -0.05) is 12.8 Å². The normalized spacial score (nSPS) is 9.26. The van der Waals surface area contributed by atoms with E-state index in [4.69, 9.17) is 0 Å². The maximum Gasteiger partial charge on any atom is 2.00 e. The number of H-pyrrole nitrogens is 1. The Kier molecular flexibility index (Phi) is 7.72. The summed E-state index contributed by atoms with van der Waals surface area (Å²) in [6.07, 6.45) is 5.55. The van der Waals surface area contributed by atoms with Gasteiger partial charge in [0.2, 0.25) is 0 Å². The molecule has 1 heterocycles. The number of hydrogen-bond donors (Lipinski definition) is 1. The molecule has 0 saturated carbocycles. The molecule has 1 N–H and O–H groups in total. The molecule has 0 saturated heterocycles. The van der Waals surface area contributed by atoms with Crippen molar-refractivity contribution in [3.63, 3.8) is 0 Å². The maximum atomic E-state index is 3.22. The first-order valence-electron chi connectivity index (χ1n) is 6.45. The van der Waals surface area contributed by atoms with E-state index in [2.05, 4.69) is 41.4 Å². The number of hydrogen-bond acceptors (Lipinski definition) is 0. The van der Waals surface area contributed by atoms with E-state index in [9.17, 15) is 0 Å². The minimum Gasteiger partial charge on any atom is -0.365 e. The van der Waals surface area contributed by atoms with E-state index in [0.29, 0.717) is 0 Å². The molecule has 19 heavy (non-hydrogen) atoms. The second-order valence-corrected chi connectivity index (χ2v) is 4.30. The monoisotopic (exact) mass is 293 g/mol. The van der Waals surface area contributed by atoms with Crippen molar-refractivity contribution >= 4 is 0 Å². The van der Waals surface area contributed by atoms with Crippen LogP contribution in [-0.4, -0.2) is 4.98 Å². The van der Waals surface area contributed by atoms with Crippen LogP contribution < -0.4 is 0 Å². The molecule has 0 aliphatic carbocycles. The number of rotatable bonds is 4. The Hall–Kier alpha value is -1.50. The third kappa shape index (κ3) is 6.28. The predicted molar refractivity (Wildman–Crippen MR) is 76.9 cm³/mol. The van der Waals surface area contributed by atoms with Gasteiger partial charge >= 0.3 is 17.1 Å². The Labute approximate surface area is 125 Å². The molecule has 0 atom stereocenters. The van der Waals surface area contributed by atoms with Gasteiger partial charge in [-0.25, -0.2) is 24.3 Å². The van der Waals surface area contributed by atoms with Crippen LogP contribution in [0.4, 0.5) is 0 Å². The zero-order chi connectivity index (χ0) is 12.5. The van der Waals surface area contributed by atoms with Crippen molar-refractivity contribution in [2.75, 3.05) is 0 Å². The second-order valence-electron chi connectivity index (χ2n) is 4.30. The SMILES string of the molecule is [Fe+2].c1c[nH]c(CCC[c-]2cccc2)c1.c1cc[cH-]c1. The van der Waals surface area contributed by atoms with Gasteiger partial charge in [0.15, 0.2) is 0 Å². The average Bonchev–Trinajstić information content (AvgIpc) is 3.16. The van der Waals surface area contributed by atoms with Crippen LogP contribution in [0.2, 0.25) is 0 Å². The largest absolute Gasteiger partial charge is 2.00 e. The van der Waals surface area contributed by atoms with E-state index in [1.807, 2.05) is 36.5 Å². The molecule has 0 fully saturated rings. The Balaban J connectivity index is 0.000000256. The third-order valence-corrected chi connectivity index (χ3v) is 2.86. The third-order valence-electron chi connectivity index (χ3n) is 2.86. The van der Waals surface area contributed by atoms with E-state index in [0.717, 1.165) is 6.42 Å². The van der Waals surface area contributed by atoms with Gasteiger partial charge in [-0.05, 0) is 18.6 Å². The zero-order valence-electron chi connectivity index (χ0n) is 10.9. The number of nitrogens with one attached hydrogen (secondary N) is 1. The fourth-order valence-electron chi connectivity index (χ4n) is 1.91. The van der Waals surface area contributed by atoms with E-state index in [1.165, 1.54) is 24.1 Å². The van der Waals surface area contributed by atoms with Crippen LogP contribution in [0.3, 0.4) is 0 Å². The molecule has 0 bridgehead atoms. The van der Waals surface area contributed by atoms with Crippen molar-refractivity contribution in [2.24, 2.45) is 0 Å². The van der Waals surface area contributed by atoms with Gasteiger partial charge in [0, 0.05) is 11.9 Å². The van der Waals surface area contributed by atoms with E-state index in [1.54, 1.807) is 0 Å². The van der Waals surface area contributed by atoms with E-state index < -0.39 is 0 Å². The zero-order valence-corrected chi connectivity index (χ0v) is 12.0. The first-order chi connectivity index (χ1) is 8.95. The molecule has 0 unspecified atom stereocenters. The number of aryl methyl sites for hydroxylation is 2. The Morgan fingerprint density at radius 3 is 2.26 bits per heavy atom. The van der Waals surface area contributed by atoms with Crippen LogP contribution in [0, 0.1) is 0 Å². The summed E-state index contributed by atoms with van der Waals surface area (Å²) in [7, 11) is 0. The summed E-state index contributed by atoms with van der Waals surface area (Å²) in [6, 6.07) is 22.8. The molecule has 0 amide bonds. The predicted octanol–water partition coefficient (Wildman–Crippen LogP) is 4.31. The average molecular weight is 293 g/mol. The molecule has 0 aliphatic heterocycles. The summed E-state index contributed by atoms with van der Waals surface area (Å²) >= 11 is 0. The quantitative estimate of drug-likeness (QED) is 0.545. The van der Waals surface area contributed by atoms with Gasteiger partial charge in [0.1, 0.15) is 0 Å². The first-order valence-corrected chi connectivity index (χ1v) is 6.45. The summed E-state index contributed by atoms with van der Waals surface area (Å²) in [5, 5.41) is 0. The smallest absolute Gasteiger partial charge is 0.365 e. The Bertz CT molecular complexity index is 426. The van der Waals surface area contributed by atoms with Gasteiger partial charge < -0.3 is 4.98 Å². The van der Waals surface area contributed by atoms with Crippen LogP contribution in [0.15, 0.2) is 72.9 Å². The summed E-state index contributed by atoms with van der Waals surface area (Å²) in [6.45, 7) is 0. The summed E-state index contributed by atoms with van der Waals surface area (Å²) in [5.74, 6) is 0. The topological polar surface area (TPSA) is 15.8 Å². The molecular weight excluding hydrogens is 274 g/mol. The number of aromatic nitrogens is 1. The van der Waals surface area contributed by atoms with Crippen LogP contribution in [0.25, 0.3) is 0 Å². The fourth-order valence-corrected chi connectivity index (χ4v) is 1.91. The van der Waals surface area contributed by atoms with Crippen LogP contribution in [-0.2, 0) is 29.9 Å². The van der Waals surface area contributed by atoms with Crippen molar-refractivity contribution in [2.45, 2.75) is 19.3 Å². The molecule has 2 heteroatoms. The van der Waals surface area contributed by atoms with Gasteiger partial charge in [-0.3, -0.25) is 0 Å². The first kappa shape index (κ1) is 15.6. The van der Waals surface area contributed by atoms with Gasteiger partial charge in [-0.2, -0.15) is 35.9 Å². The minimum absolute atomic E-state index is 0. The van der Waals surface area contributed by atoms with Crippen molar-refractivity contribution in [1.82, 2.24) is 4.98 Å². The van der Waals surface area contributed by atoms with E-state index in [-0.39, 0.29) is 17.1 Å². The molecule has 3 aromatic rings. The maximum absolute atomic E-state index is 3.22. The molecule has 1 aromatic heterocycles. The van der Waals surface area contributed by atoms with Gasteiger partial charge in [-0.15, -0.1) is 0 Å². The molecule has 3 rings (SSSR count). The number of aromatic amines is 1. The van der Waals surface area contributed by atoms with Crippen molar-refractivity contribution in [3.05, 3.63) is 84.2 Å². The van der Waals surface area contributed by atoms with Crippen molar-refractivity contribution in [1.29, 1.82) is 0 Å². The fraction of sp³-hybridized carbons (Fsp3) is 0.176. The minimum atomic E-state index is 0. The second kappa shape index (κ2) is 9.43. The molecule has 0 spiro atoms. The summed E-state index contributed by atoms with van der Waals surface area (Å²) < 4.78 is 0. The van der Waals surface area contributed by atoms with Crippen molar-refractivity contribution in [3.8, 4) is 0 Å². The Morgan fingerprint density at radius 1 is 1.00 bits per heavy atom. The molecule has 0 radical (unpaired) electrons. The Morgan fingerprint density at radius 2 is 1.74 bits per heavy atom. The van der Waals surface area contributed by atoms with Crippen LogP contribution >= 0.6 is 0 Å².